The fraction of sp³-hybridized carbons (Fsp3) is 0.348. The van der Waals surface area contributed by atoms with Crippen LogP contribution in [0.1, 0.15) is 19.4 Å². The number of para-hydroxylation sites is 1. The average Bonchev–Trinajstić information content (AvgIpc) is 2.98. The summed E-state index contributed by atoms with van der Waals surface area (Å²) in [6, 6.07) is 19.7. The molecule has 0 saturated carbocycles. The first kappa shape index (κ1) is 19.2. The van der Waals surface area contributed by atoms with E-state index in [0.29, 0.717) is 18.8 Å². The SMILES string of the molecule is CC1(C)N=C(c2ccccc2)C(=O)N1CC(=O)N1CCN(c2ccccc2)CC1. The smallest absolute Gasteiger partial charge is 0.275 e. The summed E-state index contributed by atoms with van der Waals surface area (Å²) < 4.78 is 0. The summed E-state index contributed by atoms with van der Waals surface area (Å²) in [6.07, 6.45) is 0. The summed E-state index contributed by atoms with van der Waals surface area (Å²) in [5.41, 5.74) is 1.66. The number of anilines is 1. The average molecular weight is 390 g/mol. The Kier molecular flexibility index (Phi) is 5.09. The summed E-state index contributed by atoms with van der Waals surface area (Å²) in [6.45, 7) is 6.70. The van der Waals surface area contributed by atoms with Crippen LogP contribution in [0, 0.1) is 0 Å². The van der Waals surface area contributed by atoms with Gasteiger partial charge >= 0.3 is 0 Å². The first-order valence-electron chi connectivity index (χ1n) is 10.0. The zero-order chi connectivity index (χ0) is 20.4. The molecule has 1 saturated heterocycles. The van der Waals surface area contributed by atoms with Gasteiger partial charge < -0.3 is 14.7 Å². The molecule has 150 valence electrons. The third-order valence-corrected chi connectivity index (χ3v) is 5.59. The van der Waals surface area contributed by atoms with Crippen LogP contribution in [0.2, 0.25) is 0 Å². The van der Waals surface area contributed by atoms with Crippen molar-refractivity contribution in [3.8, 4) is 0 Å². The number of aliphatic imine (C=N–C) groups is 1. The highest BCUT2D eigenvalue weighted by molar-refractivity contribution is 6.46. The fourth-order valence-corrected chi connectivity index (χ4v) is 3.90. The molecule has 6 heteroatoms. The number of hydrogen-bond acceptors (Lipinski definition) is 4. The second-order valence-electron chi connectivity index (χ2n) is 7.92. The van der Waals surface area contributed by atoms with Crippen molar-refractivity contribution in [2.24, 2.45) is 4.99 Å². The van der Waals surface area contributed by atoms with E-state index in [-0.39, 0.29) is 18.4 Å². The van der Waals surface area contributed by atoms with Crippen LogP contribution >= 0.6 is 0 Å². The van der Waals surface area contributed by atoms with E-state index < -0.39 is 5.66 Å². The lowest BCUT2D eigenvalue weighted by atomic mass is 10.1. The molecule has 0 spiro atoms. The Morgan fingerprint density at radius 1 is 0.931 bits per heavy atom. The Hall–Kier alpha value is -3.15. The van der Waals surface area contributed by atoms with Crippen LogP contribution < -0.4 is 4.90 Å². The monoisotopic (exact) mass is 390 g/mol. The molecule has 0 aromatic heterocycles. The van der Waals surface area contributed by atoms with Gasteiger partial charge in [-0.3, -0.25) is 14.6 Å². The number of hydrogen-bond donors (Lipinski definition) is 0. The van der Waals surface area contributed by atoms with E-state index in [1.807, 2.05) is 67.3 Å². The second-order valence-corrected chi connectivity index (χ2v) is 7.92. The Morgan fingerprint density at radius 3 is 2.14 bits per heavy atom. The minimum absolute atomic E-state index is 0.0244. The molecule has 29 heavy (non-hydrogen) atoms. The predicted molar refractivity (Wildman–Crippen MR) is 114 cm³/mol. The lowest BCUT2D eigenvalue weighted by molar-refractivity contribution is -0.140. The number of benzene rings is 2. The number of amides is 2. The minimum Gasteiger partial charge on any atom is -0.368 e. The zero-order valence-corrected chi connectivity index (χ0v) is 16.9. The molecule has 2 aliphatic heterocycles. The van der Waals surface area contributed by atoms with Crippen molar-refractivity contribution in [3.05, 3.63) is 66.2 Å². The van der Waals surface area contributed by atoms with Gasteiger partial charge in [-0.25, -0.2) is 0 Å². The highest BCUT2D eigenvalue weighted by atomic mass is 16.2. The van der Waals surface area contributed by atoms with Crippen LogP contribution in [0.25, 0.3) is 0 Å². The van der Waals surface area contributed by atoms with E-state index >= 15 is 0 Å². The van der Waals surface area contributed by atoms with Crippen molar-refractivity contribution >= 4 is 23.2 Å². The summed E-state index contributed by atoms with van der Waals surface area (Å²) in [7, 11) is 0. The van der Waals surface area contributed by atoms with Gasteiger partial charge in [0.25, 0.3) is 5.91 Å². The molecule has 2 heterocycles. The highest BCUT2D eigenvalue weighted by Gasteiger charge is 2.42. The molecule has 4 rings (SSSR count). The van der Waals surface area contributed by atoms with Crippen molar-refractivity contribution in [1.82, 2.24) is 9.80 Å². The van der Waals surface area contributed by atoms with E-state index in [1.54, 1.807) is 4.90 Å². The number of rotatable bonds is 4. The molecule has 0 aliphatic carbocycles. The summed E-state index contributed by atoms with van der Waals surface area (Å²) in [5, 5.41) is 0. The predicted octanol–water partition coefficient (Wildman–Crippen LogP) is 2.40. The molecule has 0 bridgehead atoms. The van der Waals surface area contributed by atoms with Crippen LogP contribution in [0.4, 0.5) is 5.69 Å². The van der Waals surface area contributed by atoms with Crippen molar-refractivity contribution in [3.63, 3.8) is 0 Å². The standard InChI is InChI=1S/C23H26N4O2/c1-23(2)24-21(18-9-5-3-6-10-18)22(29)27(23)17-20(28)26-15-13-25(14-16-26)19-11-7-4-8-12-19/h3-12H,13-17H2,1-2H3. The van der Waals surface area contributed by atoms with E-state index in [4.69, 9.17) is 0 Å². The van der Waals surface area contributed by atoms with Gasteiger partial charge in [0, 0.05) is 37.4 Å². The van der Waals surface area contributed by atoms with Crippen LogP contribution in [0.5, 0.6) is 0 Å². The van der Waals surface area contributed by atoms with Gasteiger partial charge in [0.05, 0.1) is 0 Å². The summed E-state index contributed by atoms with van der Waals surface area (Å²) >= 11 is 0. The number of piperazine rings is 1. The number of nitrogens with zero attached hydrogens (tertiary/aromatic N) is 4. The normalized spacial score (nSPS) is 18.8. The summed E-state index contributed by atoms with van der Waals surface area (Å²) in [4.78, 5) is 36.3. The van der Waals surface area contributed by atoms with Crippen molar-refractivity contribution in [2.45, 2.75) is 19.5 Å². The third-order valence-electron chi connectivity index (χ3n) is 5.59. The van der Waals surface area contributed by atoms with Gasteiger partial charge in [-0.1, -0.05) is 48.5 Å². The van der Waals surface area contributed by atoms with Crippen molar-refractivity contribution in [1.29, 1.82) is 0 Å². The highest BCUT2D eigenvalue weighted by Crippen LogP contribution is 2.26. The van der Waals surface area contributed by atoms with E-state index in [2.05, 4.69) is 22.0 Å². The molecular formula is C23H26N4O2. The lowest BCUT2D eigenvalue weighted by Gasteiger charge is -2.37. The number of carbonyl (C=O) groups excluding carboxylic acids is 2. The molecule has 0 unspecified atom stereocenters. The molecule has 6 nitrogen and oxygen atoms in total. The van der Waals surface area contributed by atoms with Crippen molar-refractivity contribution < 1.29 is 9.59 Å². The maximum absolute atomic E-state index is 13.0. The largest absolute Gasteiger partial charge is 0.368 e. The summed E-state index contributed by atoms with van der Waals surface area (Å²) in [5.74, 6) is -0.207. The minimum atomic E-state index is -0.732. The van der Waals surface area contributed by atoms with Crippen LogP contribution in [0.15, 0.2) is 65.7 Å². The molecule has 0 radical (unpaired) electrons. The second kappa shape index (κ2) is 7.70. The molecule has 2 aromatic carbocycles. The zero-order valence-electron chi connectivity index (χ0n) is 16.9. The Morgan fingerprint density at radius 2 is 1.52 bits per heavy atom. The van der Waals surface area contributed by atoms with E-state index in [1.165, 1.54) is 5.69 Å². The maximum atomic E-state index is 13.0. The van der Waals surface area contributed by atoms with Gasteiger partial charge in [0.15, 0.2) is 0 Å². The first-order valence-corrected chi connectivity index (χ1v) is 10.0. The first-order chi connectivity index (χ1) is 14.0. The molecule has 2 aromatic rings. The third kappa shape index (κ3) is 3.88. The molecule has 1 fully saturated rings. The lowest BCUT2D eigenvalue weighted by Crippen LogP contribution is -2.54. The van der Waals surface area contributed by atoms with E-state index in [9.17, 15) is 9.59 Å². The molecule has 0 atom stereocenters. The molecular weight excluding hydrogens is 364 g/mol. The quantitative estimate of drug-likeness (QED) is 0.806. The maximum Gasteiger partial charge on any atom is 0.275 e. The van der Waals surface area contributed by atoms with E-state index in [0.717, 1.165) is 18.7 Å². The number of carbonyl (C=O) groups is 2. The Bertz CT molecular complexity index is 916. The van der Waals surface area contributed by atoms with Crippen molar-refractivity contribution in [2.75, 3.05) is 37.6 Å². The van der Waals surface area contributed by atoms with Crippen LogP contribution in [-0.4, -0.2) is 65.7 Å². The van der Waals surface area contributed by atoms with Gasteiger partial charge in [-0.05, 0) is 26.0 Å². The van der Waals surface area contributed by atoms with Gasteiger partial charge in [0.1, 0.15) is 17.9 Å². The molecule has 2 amide bonds. The fourth-order valence-electron chi connectivity index (χ4n) is 3.90. The molecule has 0 N–H and O–H groups in total. The van der Waals surface area contributed by atoms with Crippen LogP contribution in [-0.2, 0) is 9.59 Å². The topological polar surface area (TPSA) is 56.2 Å². The Balaban J connectivity index is 1.39. The van der Waals surface area contributed by atoms with Gasteiger partial charge in [0.2, 0.25) is 5.91 Å². The van der Waals surface area contributed by atoms with Crippen LogP contribution in [0.3, 0.4) is 0 Å². The van der Waals surface area contributed by atoms with Gasteiger partial charge in [-0.2, -0.15) is 0 Å². The van der Waals surface area contributed by atoms with Gasteiger partial charge in [-0.15, -0.1) is 0 Å². The molecule has 2 aliphatic rings. The Labute approximate surface area is 171 Å².